The Morgan fingerprint density at radius 2 is 1.88 bits per heavy atom. The summed E-state index contributed by atoms with van der Waals surface area (Å²) < 4.78 is 1.79. The number of nitrogens with one attached hydrogen (secondary N) is 1. The molecule has 0 saturated heterocycles. The molecule has 3 aromatic rings. The molecular weight excluding hydrogens is 324 g/mol. The highest BCUT2D eigenvalue weighted by Gasteiger charge is 2.14. The maximum Gasteiger partial charge on any atom is 0.244 e. The van der Waals surface area contributed by atoms with Crippen LogP contribution in [-0.2, 0) is 11.3 Å². The van der Waals surface area contributed by atoms with E-state index in [0.29, 0.717) is 16.3 Å². The van der Waals surface area contributed by atoms with Crippen LogP contribution < -0.4 is 5.32 Å². The van der Waals surface area contributed by atoms with Gasteiger partial charge in [0.25, 0.3) is 0 Å². The maximum atomic E-state index is 12.4. The number of carbonyl (C=O) groups excluding carboxylic acids is 2. The average molecular weight is 341 g/mol. The minimum atomic E-state index is -0.170. The molecular formula is C19H17ClN2O2. The van der Waals surface area contributed by atoms with Crippen molar-refractivity contribution >= 4 is 39.9 Å². The fourth-order valence-corrected chi connectivity index (χ4v) is 2.92. The molecule has 0 saturated carbocycles. The van der Waals surface area contributed by atoms with Gasteiger partial charge in [0.2, 0.25) is 5.91 Å². The molecule has 24 heavy (non-hydrogen) atoms. The van der Waals surface area contributed by atoms with Crippen LogP contribution in [0.15, 0.2) is 48.7 Å². The molecule has 1 amide bonds. The highest BCUT2D eigenvalue weighted by atomic mass is 35.5. The molecule has 0 aliphatic heterocycles. The Morgan fingerprint density at radius 1 is 1.12 bits per heavy atom. The Bertz CT molecular complexity index is 944. The van der Waals surface area contributed by atoms with Gasteiger partial charge in [-0.2, -0.15) is 0 Å². The van der Waals surface area contributed by atoms with Crippen molar-refractivity contribution < 1.29 is 9.59 Å². The second kappa shape index (κ2) is 6.49. The van der Waals surface area contributed by atoms with Gasteiger partial charge in [0.05, 0.1) is 0 Å². The molecule has 1 heterocycles. The molecule has 0 aliphatic carbocycles. The summed E-state index contributed by atoms with van der Waals surface area (Å²) in [6, 6.07) is 13.0. The van der Waals surface area contributed by atoms with Gasteiger partial charge in [0.15, 0.2) is 5.78 Å². The van der Waals surface area contributed by atoms with Crippen LogP contribution in [0.3, 0.4) is 0 Å². The van der Waals surface area contributed by atoms with Crippen LogP contribution in [0.25, 0.3) is 10.9 Å². The SMILES string of the molecule is CC(=O)c1cn(CC(=O)Nc2cccc(Cl)c2C)c2ccccc12. The number of amides is 1. The fourth-order valence-electron chi connectivity index (χ4n) is 2.75. The van der Waals surface area contributed by atoms with Gasteiger partial charge in [-0.25, -0.2) is 0 Å². The zero-order chi connectivity index (χ0) is 17.3. The van der Waals surface area contributed by atoms with Crippen LogP contribution in [0.4, 0.5) is 5.69 Å². The van der Waals surface area contributed by atoms with E-state index in [9.17, 15) is 9.59 Å². The van der Waals surface area contributed by atoms with Gasteiger partial charge in [0, 0.05) is 33.4 Å². The van der Waals surface area contributed by atoms with E-state index in [1.807, 2.05) is 37.3 Å². The molecule has 2 aromatic carbocycles. The molecule has 3 rings (SSSR count). The lowest BCUT2D eigenvalue weighted by Gasteiger charge is -2.10. The van der Waals surface area contributed by atoms with Crippen molar-refractivity contribution in [1.29, 1.82) is 0 Å². The predicted molar refractivity (Wildman–Crippen MR) is 96.8 cm³/mol. The van der Waals surface area contributed by atoms with Crippen LogP contribution >= 0.6 is 11.6 Å². The first-order valence-corrected chi connectivity index (χ1v) is 7.99. The number of hydrogen-bond donors (Lipinski definition) is 1. The summed E-state index contributed by atoms with van der Waals surface area (Å²) in [6.45, 7) is 3.51. The number of fused-ring (bicyclic) bond motifs is 1. The van der Waals surface area contributed by atoms with E-state index in [1.54, 1.807) is 22.9 Å². The van der Waals surface area contributed by atoms with Gasteiger partial charge in [-0.1, -0.05) is 35.9 Å². The van der Waals surface area contributed by atoms with Gasteiger partial charge in [-0.15, -0.1) is 0 Å². The number of para-hydroxylation sites is 1. The highest BCUT2D eigenvalue weighted by Crippen LogP contribution is 2.24. The number of carbonyl (C=O) groups is 2. The van der Waals surface area contributed by atoms with Crippen LogP contribution in [0.2, 0.25) is 5.02 Å². The Morgan fingerprint density at radius 3 is 2.62 bits per heavy atom. The first-order valence-electron chi connectivity index (χ1n) is 7.61. The van der Waals surface area contributed by atoms with E-state index >= 15 is 0 Å². The topological polar surface area (TPSA) is 51.1 Å². The molecule has 0 aliphatic rings. The summed E-state index contributed by atoms with van der Waals surface area (Å²) in [7, 11) is 0. The number of hydrogen-bond acceptors (Lipinski definition) is 2. The second-order valence-electron chi connectivity index (χ2n) is 5.70. The number of Topliss-reactive ketones (excluding diaryl/α,β-unsaturated/α-hetero) is 1. The third-order valence-electron chi connectivity index (χ3n) is 4.02. The molecule has 5 heteroatoms. The first-order chi connectivity index (χ1) is 11.5. The molecule has 1 aromatic heterocycles. The van der Waals surface area contributed by atoms with E-state index in [-0.39, 0.29) is 18.2 Å². The fraction of sp³-hybridized carbons (Fsp3) is 0.158. The molecule has 0 radical (unpaired) electrons. The predicted octanol–water partition coefficient (Wildman–Crippen LogP) is 4.44. The maximum absolute atomic E-state index is 12.4. The number of nitrogens with zero attached hydrogens (tertiary/aromatic N) is 1. The van der Waals surface area contributed by atoms with Crippen molar-refractivity contribution in [2.45, 2.75) is 20.4 Å². The zero-order valence-corrected chi connectivity index (χ0v) is 14.2. The Labute approximate surface area is 145 Å². The van der Waals surface area contributed by atoms with Gasteiger partial charge in [0.1, 0.15) is 6.54 Å². The molecule has 0 fully saturated rings. The lowest BCUT2D eigenvalue weighted by molar-refractivity contribution is -0.116. The van der Waals surface area contributed by atoms with E-state index < -0.39 is 0 Å². The average Bonchev–Trinajstić information content (AvgIpc) is 2.91. The number of halogens is 1. The number of benzene rings is 2. The first kappa shape index (κ1) is 16.3. The van der Waals surface area contributed by atoms with Crippen LogP contribution in [0.1, 0.15) is 22.8 Å². The molecule has 1 N–H and O–H groups in total. The molecule has 0 bridgehead atoms. The summed E-state index contributed by atoms with van der Waals surface area (Å²) in [6.07, 6.45) is 1.73. The second-order valence-corrected chi connectivity index (χ2v) is 6.11. The monoisotopic (exact) mass is 340 g/mol. The van der Waals surface area contributed by atoms with Gasteiger partial charge >= 0.3 is 0 Å². The number of aromatic nitrogens is 1. The number of rotatable bonds is 4. The lowest BCUT2D eigenvalue weighted by atomic mass is 10.1. The van der Waals surface area contributed by atoms with Crippen molar-refractivity contribution in [1.82, 2.24) is 4.57 Å². The van der Waals surface area contributed by atoms with Crippen molar-refractivity contribution in [2.24, 2.45) is 0 Å². The van der Waals surface area contributed by atoms with Crippen molar-refractivity contribution in [3.63, 3.8) is 0 Å². The van der Waals surface area contributed by atoms with Crippen LogP contribution in [-0.4, -0.2) is 16.3 Å². The van der Waals surface area contributed by atoms with Crippen LogP contribution in [0.5, 0.6) is 0 Å². The Kier molecular flexibility index (Phi) is 4.40. The standard InChI is InChI=1S/C19H17ClN2O2/c1-12-16(20)7-5-8-17(12)21-19(24)11-22-10-15(13(2)23)14-6-3-4-9-18(14)22/h3-10H,11H2,1-2H3,(H,21,24). The van der Waals surface area contributed by atoms with E-state index in [1.165, 1.54) is 6.92 Å². The lowest BCUT2D eigenvalue weighted by Crippen LogP contribution is -2.18. The molecule has 0 spiro atoms. The van der Waals surface area contributed by atoms with Gasteiger partial charge in [-0.05, 0) is 37.6 Å². The summed E-state index contributed by atoms with van der Waals surface area (Å²) in [5, 5.41) is 4.34. The van der Waals surface area contributed by atoms with Crippen molar-refractivity contribution in [3.8, 4) is 0 Å². The molecule has 122 valence electrons. The molecule has 0 unspecified atom stereocenters. The van der Waals surface area contributed by atoms with Crippen molar-refractivity contribution in [3.05, 3.63) is 64.8 Å². The summed E-state index contributed by atoms with van der Waals surface area (Å²) in [5.74, 6) is -0.188. The van der Waals surface area contributed by atoms with Gasteiger partial charge in [-0.3, -0.25) is 9.59 Å². The van der Waals surface area contributed by atoms with Crippen molar-refractivity contribution in [2.75, 3.05) is 5.32 Å². The zero-order valence-electron chi connectivity index (χ0n) is 13.5. The normalized spacial score (nSPS) is 10.8. The van der Waals surface area contributed by atoms with E-state index in [2.05, 4.69) is 5.32 Å². The summed E-state index contributed by atoms with van der Waals surface area (Å²) in [5.41, 5.74) is 3.00. The number of ketones is 1. The molecule has 4 nitrogen and oxygen atoms in total. The minimum absolute atomic E-state index is 0.0176. The highest BCUT2D eigenvalue weighted by molar-refractivity contribution is 6.31. The third-order valence-corrected chi connectivity index (χ3v) is 4.43. The number of anilines is 1. The summed E-state index contributed by atoms with van der Waals surface area (Å²) in [4.78, 5) is 24.2. The molecule has 0 atom stereocenters. The Balaban J connectivity index is 1.88. The largest absolute Gasteiger partial charge is 0.337 e. The quantitative estimate of drug-likeness (QED) is 0.713. The smallest absolute Gasteiger partial charge is 0.244 e. The van der Waals surface area contributed by atoms with E-state index in [0.717, 1.165) is 16.5 Å². The minimum Gasteiger partial charge on any atom is -0.337 e. The van der Waals surface area contributed by atoms with E-state index in [4.69, 9.17) is 11.6 Å². The third kappa shape index (κ3) is 3.05. The van der Waals surface area contributed by atoms with Gasteiger partial charge < -0.3 is 9.88 Å². The summed E-state index contributed by atoms with van der Waals surface area (Å²) >= 11 is 6.08. The van der Waals surface area contributed by atoms with Crippen LogP contribution in [0, 0.1) is 6.92 Å². The Hall–Kier alpha value is -2.59.